The van der Waals surface area contributed by atoms with Gasteiger partial charge in [0.2, 0.25) is 0 Å². The van der Waals surface area contributed by atoms with E-state index in [1.54, 1.807) is 0 Å². The minimum atomic E-state index is -5.39. The summed E-state index contributed by atoms with van der Waals surface area (Å²) in [4.78, 5) is 25.6. The smallest absolute Gasteiger partial charge is 0.822 e. The molecule has 0 spiro atoms. The Bertz CT molecular complexity index is 109. The van der Waals surface area contributed by atoms with E-state index in [0.29, 0.717) is 0 Å². The van der Waals surface area contributed by atoms with Gasteiger partial charge in [-0.15, -0.1) is 0 Å². The number of hydrogen-bond donors (Lipinski definition) is 0. The maximum atomic E-state index is 8.55. The Morgan fingerprint density at radius 1 is 0.923 bits per heavy atom. The average Bonchev–Trinajstić information content (AvgIpc) is 2.07. The van der Waals surface area contributed by atoms with Gasteiger partial charge in [-0.2, -0.15) is 7.82 Å². The molecule has 0 aromatic rings. The summed E-state index contributed by atoms with van der Waals surface area (Å²) < 4.78 is 13.5. The number of hydrogen-bond acceptors (Lipinski definition) is 5. The molecule has 0 aromatic heterocycles. The summed E-state index contributed by atoms with van der Waals surface area (Å²) in [6, 6.07) is 0. The van der Waals surface area contributed by atoms with Crippen molar-refractivity contribution >= 4 is 7.82 Å². The van der Waals surface area contributed by atoms with E-state index < -0.39 is 7.82 Å². The van der Waals surface area contributed by atoms with Crippen molar-refractivity contribution < 1.29 is 113 Å². The minimum absolute atomic E-state index is 0. The zero-order chi connectivity index (χ0) is 8.04. The van der Waals surface area contributed by atoms with E-state index in [1.165, 1.54) is 12.8 Å². The van der Waals surface area contributed by atoms with Crippen molar-refractivity contribution in [2.75, 3.05) is 13.2 Å². The SMILES string of the molecule is C1CCOC1.O=P([O-])([O-])[O-].[Na+].[Na+].[Na+]. The molecule has 0 aromatic carbocycles. The number of rotatable bonds is 0. The third-order valence-corrected chi connectivity index (χ3v) is 0.827. The van der Waals surface area contributed by atoms with Crippen LogP contribution in [0.2, 0.25) is 0 Å². The summed E-state index contributed by atoms with van der Waals surface area (Å²) in [5.74, 6) is 0. The molecular formula is C4H8Na3O5P. The van der Waals surface area contributed by atoms with Crippen LogP contribution in [0.15, 0.2) is 0 Å². The summed E-state index contributed by atoms with van der Waals surface area (Å²) >= 11 is 0. The fourth-order valence-electron chi connectivity index (χ4n) is 0.510. The van der Waals surface area contributed by atoms with E-state index in [2.05, 4.69) is 0 Å². The Hall–Kier alpha value is 3.07. The molecule has 1 aliphatic heterocycles. The first-order chi connectivity index (χ1) is 4.50. The zero-order valence-corrected chi connectivity index (χ0v) is 15.2. The first-order valence-electron chi connectivity index (χ1n) is 2.81. The third-order valence-electron chi connectivity index (χ3n) is 0.827. The summed E-state index contributed by atoms with van der Waals surface area (Å²) in [6.07, 6.45) is 2.56. The number of ether oxygens (including phenoxy) is 1. The van der Waals surface area contributed by atoms with E-state index in [1.807, 2.05) is 0 Å². The zero-order valence-electron chi connectivity index (χ0n) is 8.32. The van der Waals surface area contributed by atoms with Crippen molar-refractivity contribution in [3.8, 4) is 0 Å². The molecule has 62 valence electrons. The van der Waals surface area contributed by atoms with Crippen LogP contribution in [0.4, 0.5) is 0 Å². The second kappa shape index (κ2) is 15.1. The van der Waals surface area contributed by atoms with Crippen molar-refractivity contribution in [1.82, 2.24) is 0 Å². The molecule has 0 saturated carbocycles. The molecule has 1 heterocycles. The fourth-order valence-corrected chi connectivity index (χ4v) is 0.510. The van der Waals surface area contributed by atoms with Gasteiger partial charge < -0.3 is 24.0 Å². The monoisotopic (exact) mass is 236 g/mol. The summed E-state index contributed by atoms with van der Waals surface area (Å²) in [6.45, 7) is 2.00. The Kier molecular flexibility index (Phi) is 29.0. The number of phosphoric acid groups is 1. The molecular weight excluding hydrogens is 228 g/mol. The van der Waals surface area contributed by atoms with E-state index in [0.717, 1.165) is 13.2 Å². The Labute approximate surface area is 144 Å². The van der Waals surface area contributed by atoms with Crippen LogP contribution >= 0.6 is 7.82 Å². The molecule has 0 unspecified atom stereocenters. The van der Waals surface area contributed by atoms with Gasteiger partial charge >= 0.3 is 88.7 Å². The van der Waals surface area contributed by atoms with Crippen LogP contribution in [0.1, 0.15) is 12.8 Å². The molecule has 1 rings (SSSR count). The van der Waals surface area contributed by atoms with Crippen molar-refractivity contribution in [1.29, 1.82) is 0 Å². The van der Waals surface area contributed by atoms with Gasteiger partial charge in [-0.05, 0) is 12.8 Å². The van der Waals surface area contributed by atoms with E-state index in [4.69, 9.17) is 24.0 Å². The standard InChI is InChI=1S/C4H8O.3Na.H3O4P/c1-2-4-5-3-1;;;;1-5(2,3)4/h1-4H2;;;;(H3,1,2,3,4)/q;3*+1;/p-3. The molecule has 5 nitrogen and oxygen atoms in total. The van der Waals surface area contributed by atoms with E-state index in [-0.39, 0.29) is 88.7 Å². The summed E-state index contributed by atoms with van der Waals surface area (Å²) in [5.41, 5.74) is 0. The maximum Gasteiger partial charge on any atom is 1.00 e. The van der Waals surface area contributed by atoms with Crippen molar-refractivity contribution in [2.24, 2.45) is 0 Å². The molecule has 0 aliphatic carbocycles. The second-order valence-corrected chi connectivity index (χ2v) is 2.66. The third kappa shape index (κ3) is 39.5. The van der Waals surface area contributed by atoms with E-state index >= 15 is 0 Å². The Balaban J connectivity index is -0.0000000506. The quantitative estimate of drug-likeness (QED) is 0.307. The molecule has 0 radical (unpaired) electrons. The van der Waals surface area contributed by atoms with Crippen molar-refractivity contribution in [3.63, 3.8) is 0 Å². The van der Waals surface area contributed by atoms with Crippen molar-refractivity contribution in [2.45, 2.75) is 12.8 Å². The van der Waals surface area contributed by atoms with Crippen LogP contribution in [0.25, 0.3) is 0 Å². The normalized spacial score (nSPS) is 13.8. The summed E-state index contributed by atoms with van der Waals surface area (Å²) in [7, 11) is -5.39. The molecule has 13 heavy (non-hydrogen) atoms. The molecule has 0 bridgehead atoms. The maximum absolute atomic E-state index is 8.55. The van der Waals surface area contributed by atoms with Gasteiger partial charge in [0, 0.05) is 13.2 Å². The molecule has 1 aliphatic rings. The fraction of sp³-hybridized carbons (Fsp3) is 1.00. The van der Waals surface area contributed by atoms with Gasteiger partial charge in [-0.25, -0.2) is 0 Å². The predicted octanol–water partition coefficient (Wildman–Crippen LogP) is -11.0. The predicted molar refractivity (Wildman–Crippen MR) is 27.7 cm³/mol. The largest absolute Gasteiger partial charge is 1.00 e. The van der Waals surface area contributed by atoms with E-state index in [9.17, 15) is 0 Å². The minimum Gasteiger partial charge on any atom is -0.822 e. The average molecular weight is 236 g/mol. The topological polar surface area (TPSA) is 95.5 Å². The van der Waals surface area contributed by atoms with Crippen molar-refractivity contribution in [3.05, 3.63) is 0 Å². The molecule has 0 amide bonds. The van der Waals surface area contributed by atoms with Crippen LogP contribution in [-0.4, -0.2) is 13.2 Å². The van der Waals surface area contributed by atoms with Crippen LogP contribution in [0.3, 0.4) is 0 Å². The van der Waals surface area contributed by atoms with Gasteiger partial charge in [0.05, 0.1) is 0 Å². The van der Waals surface area contributed by atoms with Crippen LogP contribution < -0.4 is 103 Å². The molecule has 0 atom stereocenters. The Morgan fingerprint density at radius 3 is 1.23 bits per heavy atom. The molecule has 1 fully saturated rings. The van der Waals surface area contributed by atoms with Crippen LogP contribution in [0, 0.1) is 0 Å². The second-order valence-electron chi connectivity index (χ2n) is 1.77. The van der Waals surface area contributed by atoms with Gasteiger partial charge in [-0.3, -0.25) is 0 Å². The first-order valence-corrected chi connectivity index (χ1v) is 4.27. The summed E-state index contributed by atoms with van der Waals surface area (Å²) in [5, 5.41) is 0. The molecule has 1 saturated heterocycles. The van der Waals surface area contributed by atoms with Gasteiger partial charge in [0.25, 0.3) is 0 Å². The van der Waals surface area contributed by atoms with Gasteiger partial charge in [-0.1, -0.05) is 0 Å². The first kappa shape index (κ1) is 25.1. The van der Waals surface area contributed by atoms with Crippen LogP contribution in [-0.2, 0) is 9.30 Å². The van der Waals surface area contributed by atoms with Crippen LogP contribution in [0.5, 0.6) is 0 Å². The van der Waals surface area contributed by atoms with Gasteiger partial charge in [0.1, 0.15) is 0 Å². The molecule has 0 N–H and O–H groups in total. The Morgan fingerprint density at radius 2 is 1.15 bits per heavy atom. The molecule has 9 heteroatoms. The van der Waals surface area contributed by atoms with Gasteiger partial charge in [0.15, 0.2) is 0 Å².